The first kappa shape index (κ1) is 19.3. The molecule has 0 saturated heterocycles. The lowest BCUT2D eigenvalue weighted by molar-refractivity contribution is 0.198. The number of rotatable bonds is 7. The van der Waals surface area contributed by atoms with E-state index >= 15 is 0 Å². The summed E-state index contributed by atoms with van der Waals surface area (Å²) in [6, 6.07) is 17.2. The van der Waals surface area contributed by atoms with Crippen molar-refractivity contribution in [1.29, 1.82) is 0 Å². The zero-order valence-electron chi connectivity index (χ0n) is 14.7. The zero-order valence-corrected chi connectivity index (χ0v) is 16.2. The van der Waals surface area contributed by atoms with Gasteiger partial charge in [0, 0.05) is 42.1 Å². The molecule has 0 spiro atoms. The van der Waals surface area contributed by atoms with Crippen LogP contribution in [-0.4, -0.2) is 41.0 Å². The Bertz CT molecular complexity index is 977. The van der Waals surface area contributed by atoms with E-state index in [1.54, 1.807) is 18.5 Å². The SMILES string of the molecule is On1ccc(=N/N=C/c2ccc(N(CCCl)CCCl)cc2)c2ccccc21. The van der Waals surface area contributed by atoms with Crippen LogP contribution in [0.3, 0.4) is 0 Å². The van der Waals surface area contributed by atoms with E-state index < -0.39 is 0 Å². The fraction of sp³-hybridized carbons (Fsp3) is 0.200. The molecule has 0 radical (unpaired) electrons. The lowest BCUT2D eigenvalue weighted by Gasteiger charge is -2.22. The number of benzene rings is 2. The number of halogens is 2. The minimum Gasteiger partial charge on any atom is -0.428 e. The van der Waals surface area contributed by atoms with Crippen molar-refractivity contribution in [2.24, 2.45) is 10.2 Å². The molecule has 1 aromatic heterocycles. The maximum atomic E-state index is 9.86. The Morgan fingerprint density at radius 3 is 2.37 bits per heavy atom. The van der Waals surface area contributed by atoms with Gasteiger partial charge in [0.2, 0.25) is 0 Å². The lowest BCUT2D eigenvalue weighted by atomic mass is 10.2. The number of fused-ring (bicyclic) bond motifs is 1. The highest BCUT2D eigenvalue weighted by Gasteiger charge is 2.04. The van der Waals surface area contributed by atoms with Gasteiger partial charge in [-0.2, -0.15) is 14.9 Å². The topological polar surface area (TPSA) is 53.1 Å². The molecule has 0 amide bonds. The monoisotopic (exact) mass is 402 g/mol. The first-order valence-corrected chi connectivity index (χ1v) is 9.63. The molecule has 27 heavy (non-hydrogen) atoms. The molecule has 0 aliphatic heterocycles. The van der Waals surface area contributed by atoms with Crippen LogP contribution in [0, 0.1) is 0 Å². The summed E-state index contributed by atoms with van der Waals surface area (Å²) < 4.78 is 1.07. The van der Waals surface area contributed by atoms with Crippen molar-refractivity contribution in [3.05, 3.63) is 71.7 Å². The Morgan fingerprint density at radius 1 is 0.963 bits per heavy atom. The Morgan fingerprint density at radius 2 is 1.67 bits per heavy atom. The molecule has 7 heteroatoms. The second kappa shape index (κ2) is 9.44. The number of hydrogen-bond acceptors (Lipinski definition) is 4. The molecule has 0 aliphatic rings. The molecule has 1 heterocycles. The van der Waals surface area contributed by atoms with Crippen LogP contribution >= 0.6 is 23.2 Å². The van der Waals surface area contributed by atoms with E-state index in [2.05, 4.69) is 15.1 Å². The maximum Gasteiger partial charge on any atom is 0.0967 e. The van der Waals surface area contributed by atoms with E-state index in [4.69, 9.17) is 23.2 Å². The fourth-order valence-electron chi connectivity index (χ4n) is 2.79. The van der Waals surface area contributed by atoms with E-state index in [-0.39, 0.29) is 0 Å². The van der Waals surface area contributed by atoms with Crippen molar-refractivity contribution in [3.63, 3.8) is 0 Å². The van der Waals surface area contributed by atoms with Crippen molar-refractivity contribution in [2.75, 3.05) is 29.7 Å². The first-order valence-electron chi connectivity index (χ1n) is 8.56. The highest BCUT2D eigenvalue weighted by atomic mass is 35.5. The summed E-state index contributed by atoms with van der Waals surface area (Å²) in [5.74, 6) is 1.11. The summed E-state index contributed by atoms with van der Waals surface area (Å²) in [5.41, 5.74) is 2.69. The van der Waals surface area contributed by atoms with Gasteiger partial charge < -0.3 is 10.1 Å². The minimum atomic E-state index is 0.553. The van der Waals surface area contributed by atoms with Crippen molar-refractivity contribution >= 4 is 46.0 Å². The van der Waals surface area contributed by atoms with Crippen LogP contribution in [0.1, 0.15) is 5.56 Å². The van der Waals surface area contributed by atoms with Crippen molar-refractivity contribution in [3.8, 4) is 0 Å². The normalized spacial score (nSPS) is 12.1. The quantitative estimate of drug-likeness (QED) is 0.280. The fourth-order valence-corrected chi connectivity index (χ4v) is 3.20. The average Bonchev–Trinajstić information content (AvgIpc) is 2.70. The summed E-state index contributed by atoms with van der Waals surface area (Å²) in [4.78, 5) is 2.14. The molecular formula is C20H20Cl2N4O. The summed E-state index contributed by atoms with van der Waals surface area (Å²) in [6.07, 6.45) is 3.25. The number of hydrogen-bond donors (Lipinski definition) is 1. The molecule has 0 atom stereocenters. The van der Waals surface area contributed by atoms with Crippen LogP contribution < -0.4 is 10.3 Å². The van der Waals surface area contributed by atoms with Gasteiger partial charge in [-0.1, -0.05) is 30.3 Å². The van der Waals surface area contributed by atoms with Gasteiger partial charge in [-0.25, -0.2) is 0 Å². The smallest absolute Gasteiger partial charge is 0.0967 e. The highest BCUT2D eigenvalue weighted by molar-refractivity contribution is 6.18. The number of anilines is 1. The van der Waals surface area contributed by atoms with Gasteiger partial charge in [-0.05, 0) is 29.8 Å². The third-order valence-electron chi connectivity index (χ3n) is 4.14. The average molecular weight is 403 g/mol. The van der Waals surface area contributed by atoms with E-state index in [0.29, 0.717) is 22.6 Å². The van der Waals surface area contributed by atoms with Crippen LogP contribution in [-0.2, 0) is 0 Å². The number of nitrogens with zero attached hydrogens (tertiary/aromatic N) is 4. The number of pyridine rings is 1. The van der Waals surface area contributed by atoms with E-state index in [9.17, 15) is 5.21 Å². The Balaban J connectivity index is 1.81. The van der Waals surface area contributed by atoms with Gasteiger partial charge >= 0.3 is 0 Å². The third kappa shape index (κ3) is 4.81. The van der Waals surface area contributed by atoms with Gasteiger partial charge in [0.25, 0.3) is 0 Å². The summed E-state index contributed by atoms with van der Waals surface area (Å²) in [6.45, 7) is 1.51. The molecule has 2 aromatic carbocycles. The molecule has 5 nitrogen and oxygen atoms in total. The summed E-state index contributed by atoms with van der Waals surface area (Å²) in [7, 11) is 0. The molecule has 0 fully saturated rings. The zero-order chi connectivity index (χ0) is 19.1. The molecule has 0 unspecified atom stereocenters. The third-order valence-corrected chi connectivity index (χ3v) is 4.48. The molecule has 0 aliphatic carbocycles. The predicted octanol–water partition coefficient (Wildman–Crippen LogP) is 4.10. The van der Waals surface area contributed by atoms with Gasteiger partial charge in [-0.3, -0.25) is 0 Å². The molecule has 0 saturated carbocycles. The van der Waals surface area contributed by atoms with E-state index in [1.165, 1.54) is 0 Å². The molecule has 1 N–H and O–H groups in total. The van der Waals surface area contributed by atoms with Crippen LogP contribution in [0.5, 0.6) is 0 Å². The summed E-state index contributed by atoms with van der Waals surface area (Å²) >= 11 is 11.7. The standard InChI is InChI=1S/C20H20Cl2N4O/c21-10-13-25(14-11-22)17-7-5-16(6-8-17)15-23-24-19-9-12-26(27)20-4-2-1-3-18(19)20/h1-9,12,15,27H,10-11,13-14H2/b23-15+,24-19?. The molecule has 140 valence electrons. The van der Waals surface area contributed by atoms with Gasteiger partial charge in [0.15, 0.2) is 0 Å². The molecular weight excluding hydrogens is 383 g/mol. The second-order valence-corrected chi connectivity index (χ2v) is 6.62. The number of aromatic nitrogens is 1. The van der Waals surface area contributed by atoms with Crippen LogP contribution in [0.4, 0.5) is 5.69 Å². The van der Waals surface area contributed by atoms with E-state index in [0.717, 1.165) is 34.5 Å². The van der Waals surface area contributed by atoms with Crippen molar-refractivity contribution in [1.82, 2.24) is 4.73 Å². The Kier molecular flexibility index (Phi) is 6.74. The molecule has 0 bridgehead atoms. The van der Waals surface area contributed by atoms with Crippen LogP contribution in [0.2, 0.25) is 0 Å². The maximum absolute atomic E-state index is 9.86. The van der Waals surface area contributed by atoms with Gasteiger partial charge in [-0.15, -0.1) is 23.2 Å². The van der Waals surface area contributed by atoms with E-state index in [1.807, 2.05) is 48.5 Å². The largest absolute Gasteiger partial charge is 0.428 e. The van der Waals surface area contributed by atoms with Crippen LogP contribution in [0.25, 0.3) is 10.9 Å². The highest BCUT2D eigenvalue weighted by Crippen LogP contribution is 2.15. The van der Waals surface area contributed by atoms with Gasteiger partial charge in [0.1, 0.15) is 0 Å². The predicted molar refractivity (Wildman–Crippen MR) is 112 cm³/mol. The number of para-hydroxylation sites is 1. The lowest BCUT2D eigenvalue weighted by Crippen LogP contribution is -2.27. The van der Waals surface area contributed by atoms with Crippen LogP contribution in [0.15, 0.2) is 71.0 Å². The second-order valence-electron chi connectivity index (χ2n) is 5.86. The number of alkyl halides is 2. The first-order chi connectivity index (χ1) is 13.2. The molecule has 3 rings (SSSR count). The summed E-state index contributed by atoms with van der Waals surface area (Å²) in [5, 5.41) is 19.9. The molecule has 3 aromatic rings. The Labute approximate surface area is 167 Å². The Hall–Kier alpha value is -2.50. The van der Waals surface area contributed by atoms with Crippen molar-refractivity contribution in [2.45, 2.75) is 0 Å². The minimum absolute atomic E-state index is 0.553. The van der Waals surface area contributed by atoms with Gasteiger partial charge in [0.05, 0.1) is 17.1 Å². The van der Waals surface area contributed by atoms with Crippen molar-refractivity contribution < 1.29 is 5.21 Å².